The minimum Gasteiger partial charge on any atom is -0.302 e. The molecule has 0 aromatic rings. The minimum atomic E-state index is 0.199. The molecule has 16 heavy (non-hydrogen) atoms. The van der Waals surface area contributed by atoms with E-state index in [9.17, 15) is 0 Å². The van der Waals surface area contributed by atoms with Crippen molar-refractivity contribution in [2.45, 2.75) is 57.5 Å². The Bertz CT molecular complexity index is 236. The van der Waals surface area contributed by atoms with Gasteiger partial charge in [-0.05, 0) is 40.8 Å². The van der Waals surface area contributed by atoms with Gasteiger partial charge in [0.1, 0.15) is 0 Å². The Morgan fingerprint density at radius 3 is 2.19 bits per heavy atom. The van der Waals surface area contributed by atoms with Gasteiger partial charge in [0.2, 0.25) is 0 Å². The SMILES string of the molecule is CC(C)=CC(NN)C1(N(C)C)CCCCC1. The standard InChI is InChI=1S/C13H27N3/c1-11(2)10-12(15-14)13(16(3)4)8-6-5-7-9-13/h10,12,15H,5-9,14H2,1-4H3. The highest BCUT2D eigenvalue weighted by atomic mass is 15.3. The van der Waals surface area contributed by atoms with Gasteiger partial charge in [0, 0.05) is 5.54 Å². The van der Waals surface area contributed by atoms with E-state index in [2.05, 4.69) is 44.3 Å². The van der Waals surface area contributed by atoms with E-state index in [0.29, 0.717) is 0 Å². The van der Waals surface area contributed by atoms with Gasteiger partial charge in [0.05, 0.1) is 6.04 Å². The molecule has 3 nitrogen and oxygen atoms in total. The number of nitrogens with zero attached hydrogens (tertiary/aromatic N) is 1. The molecule has 0 spiro atoms. The van der Waals surface area contributed by atoms with Crippen molar-refractivity contribution in [2.24, 2.45) is 5.84 Å². The third-order valence-corrected chi connectivity index (χ3v) is 3.87. The fourth-order valence-corrected chi connectivity index (χ4v) is 2.89. The zero-order valence-electron chi connectivity index (χ0n) is 11.2. The van der Waals surface area contributed by atoms with Gasteiger partial charge >= 0.3 is 0 Å². The van der Waals surface area contributed by atoms with Crippen LogP contribution in [0.2, 0.25) is 0 Å². The van der Waals surface area contributed by atoms with Crippen LogP contribution in [0.1, 0.15) is 46.0 Å². The van der Waals surface area contributed by atoms with Crippen molar-refractivity contribution in [1.82, 2.24) is 10.3 Å². The fraction of sp³-hybridized carbons (Fsp3) is 0.846. The molecule has 1 unspecified atom stereocenters. The summed E-state index contributed by atoms with van der Waals surface area (Å²) in [6.07, 6.45) is 8.73. The second-order valence-electron chi connectivity index (χ2n) is 5.45. The lowest BCUT2D eigenvalue weighted by Crippen LogP contribution is -2.60. The molecule has 1 aliphatic carbocycles. The minimum absolute atomic E-state index is 0.199. The second-order valence-corrected chi connectivity index (χ2v) is 5.45. The van der Waals surface area contributed by atoms with Gasteiger partial charge in [-0.1, -0.05) is 30.9 Å². The van der Waals surface area contributed by atoms with Crippen LogP contribution >= 0.6 is 0 Å². The topological polar surface area (TPSA) is 41.3 Å². The number of likely N-dealkylation sites (N-methyl/N-ethyl adjacent to an activating group) is 1. The molecule has 3 N–H and O–H groups in total. The highest BCUT2D eigenvalue weighted by molar-refractivity contribution is 5.12. The summed E-state index contributed by atoms with van der Waals surface area (Å²) in [6.45, 7) is 4.27. The Labute approximate surface area is 100 Å². The Hall–Kier alpha value is -0.380. The Kier molecular flexibility index (Phi) is 4.96. The number of hydrazine groups is 1. The molecule has 0 bridgehead atoms. The van der Waals surface area contributed by atoms with Gasteiger partial charge in [-0.25, -0.2) is 0 Å². The zero-order valence-corrected chi connectivity index (χ0v) is 11.2. The Morgan fingerprint density at radius 2 is 1.81 bits per heavy atom. The van der Waals surface area contributed by atoms with Crippen molar-refractivity contribution < 1.29 is 0 Å². The average molecular weight is 225 g/mol. The molecule has 0 aromatic carbocycles. The molecule has 0 amide bonds. The first-order valence-electron chi connectivity index (χ1n) is 6.31. The molecule has 1 atom stereocenters. The van der Waals surface area contributed by atoms with Crippen molar-refractivity contribution >= 4 is 0 Å². The van der Waals surface area contributed by atoms with E-state index in [4.69, 9.17) is 5.84 Å². The number of rotatable bonds is 4. The maximum absolute atomic E-state index is 5.75. The van der Waals surface area contributed by atoms with Crippen LogP contribution in [-0.2, 0) is 0 Å². The zero-order chi connectivity index (χ0) is 12.2. The number of nitrogens with two attached hydrogens (primary N) is 1. The van der Waals surface area contributed by atoms with Crippen LogP contribution in [0.5, 0.6) is 0 Å². The van der Waals surface area contributed by atoms with E-state index in [1.165, 1.54) is 37.7 Å². The van der Waals surface area contributed by atoms with Crippen molar-refractivity contribution in [3.63, 3.8) is 0 Å². The first kappa shape index (κ1) is 13.7. The summed E-state index contributed by atoms with van der Waals surface area (Å²) >= 11 is 0. The maximum Gasteiger partial charge on any atom is 0.0576 e. The average Bonchev–Trinajstić information content (AvgIpc) is 2.26. The summed E-state index contributed by atoms with van der Waals surface area (Å²) in [6, 6.07) is 0.257. The molecule has 1 aliphatic rings. The number of nitrogens with one attached hydrogen (secondary N) is 1. The van der Waals surface area contributed by atoms with Crippen LogP contribution < -0.4 is 11.3 Å². The van der Waals surface area contributed by atoms with E-state index in [1.807, 2.05) is 0 Å². The number of hydrogen-bond donors (Lipinski definition) is 2. The molecule has 1 fully saturated rings. The fourth-order valence-electron chi connectivity index (χ4n) is 2.89. The van der Waals surface area contributed by atoms with Crippen molar-refractivity contribution in [1.29, 1.82) is 0 Å². The summed E-state index contributed by atoms with van der Waals surface area (Å²) in [5, 5.41) is 0. The molecule has 3 heteroatoms. The van der Waals surface area contributed by atoms with Gasteiger partial charge in [0.15, 0.2) is 0 Å². The van der Waals surface area contributed by atoms with Crippen LogP contribution in [0.15, 0.2) is 11.6 Å². The lowest BCUT2D eigenvalue weighted by Gasteiger charge is -2.47. The Balaban J connectivity index is 2.93. The summed E-state index contributed by atoms with van der Waals surface area (Å²) in [4.78, 5) is 2.36. The van der Waals surface area contributed by atoms with Gasteiger partial charge in [-0.2, -0.15) is 0 Å². The first-order valence-corrected chi connectivity index (χ1v) is 6.31. The molecule has 1 rings (SSSR count). The summed E-state index contributed by atoms with van der Waals surface area (Å²) in [7, 11) is 4.35. The largest absolute Gasteiger partial charge is 0.302 e. The maximum atomic E-state index is 5.75. The van der Waals surface area contributed by atoms with E-state index in [-0.39, 0.29) is 11.6 Å². The lowest BCUT2D eigenvalue weighted by atomic mass is 9.75. The molecular formula is C13H27N3. The van der Waals surface area contributed by atoms with Crippen LogP contribution in [0.4, 0.5) is 0 Å². The first-order chi connectivity index (χ1) is 7.53. The van der Waals surface area contributed by atoms with E-state index in [0.717, 1.165) is 0 Å². The predicted octanol–water partition coefficient (Wildman–Crippen LogP) is 2.05. The molecule has 0 aromatic heterocycles. The quantitative estimate of drug-likeness (QED) is 0.437. The van der Waals surface area contributed by atoms with Gasteiger partial charge in [-0.15, -0.1) is 0 Å². The number of hydrogen-bond acceptors (Lipinski definition) is 3. The van der Waals surface area contributed by atoms with Crippen molar-refractivity contribution in [2.75, 3.05) is 14.1 Å². The summed E-state index contributed by atoms with van der Waals surface area (Å²) < 4.78 is 0. The third-order valence-electron chi connectivity index (χ3n) is 3.87. The molecule has 1 saturated carbocycles. The van der Waals surface area contributed by atoms with E-state index >= 15 is 0 Å². The molecule has 0 heterocycles. The van der Waals surface area contributed by atoms with Crippen LogP contribution in [0.3, 0.4) is 0 Å². The van der Waals surface area contributed by atoms with Gasteiger partial charge in [0.25, 0.3) is 0 Å². The van der Waals surface area contributed by atoms with Crippen molar-refractivity contribution in [3.8, 4) is 0 Å². The monoisotopic (exact) mass is 225 g/mol. The Morgan fingerprint density at radius 1 is 1.25 bits per heavy atom. The van der Waals surface area contributed by atoms with Crippen molar-refractivity contribution in [3.05, 3.63) is 11.6 Å². The van der Waals surface area contributed by atoms with E-state index < -0.39 is 0 Å². The van der Waals surface area contributed by atoms with Gasteiger partial charge in [-0.3, -0.25) is 11.3 Å². The normalized spacial score (nSPS) is 21.9. The molecular weight excluding hydrogens is 198 g/mol. The highest BCUT2D eigenvalue weighted by Gasteiger charge is 2.40. The van der Waals surface area contributed by atoms with E-state index in [1.54, 1.807) is 0 Å². The summed E-state index contributed by atoms with van der Waals surface area (Å²) in [5.74, 6) is 5.75. The van der Waals surface area contributed by atoms with Crippen LogP contribution in [-0.4, -0.2) is 30.6 Å². The van der Waals surface area contributed by atoms with Gasteiger partial charge < -0.3 is 4.90 Å². The predicted molar refractivity (Wildman–Crippen MR) is 70.0 cm³/mol. The van der Waals surface area contributed by atoms with Crippen LogP contribution in [0, 0.1) is 0 Å². The highest BCUT2D eigenvalue weighted by Crippen LogP contribution is 2.35. The number of allylic oxidation sites excluding steroid dienone is 1. The molecule has 0 aliphatic heterocycles. The summed E-state index contributed by atoms with van der Waals surface area (Å²) in [5.41, 5.74) is 4.53. The second kappa shape index (κ2) is 5.80. The lowest BCUT2D eigenvalue weighted by molar-refractivity contribution is 0.0735. The molecule has 0 radical (unpaired) electrons. The molecule has 0 saturated heterocycles. The molecule has 94 valence electrons. The third kappa shape index (κ3) is 2.84. The van der Waals surface area contributed by atoms with Crippen LogP contribution in [0.25, 0.3) is 0 Å². The smallest absolute Gasteiger partial charge is 0.0576 e.